The summed E-state index contributed by atoms with van der Waals surface area (Å²) in [6.07, 6.45) is 11.9. The van der Waals surface area contributed by atoms with Gasteiger partial charge in [0.15, 0.2) is 0 Å². The Bertz CT molecular complexity index is 1420. The van der Waals surface area contributed by atoms with Crippen LogP contribution >= 0.6 is 0 Å². The normalized spacial score (nSPS) is 12.0. The zero-order valence-electron chi connectivity index (χ0n) is 28.1. The molecule has 0 aliphatic heterocycles. The van der Waals surface area contributed by atoms with E-state index in [-0.39, 0.29) is 5.04 Å². The van der Waals surface area contributed by atoms with E-state index >= 15 is 0 Å². The predicted molar refractivity (Wildman–Crippen MR) is 197 cm³/mol. The average Bonchev–Trinajstić information content (AvgIpc) is 3.08. The van der Waals surface area contributed by atoms with Gasteiger partial charge >= 0.3 is 0 Å². The first-order valence-electron chi connectivity index (χ1n) is 16.8. The molecule has 4 aromatic carbocycles. The van der Waals surface area contributed by atoms with Crippen molar-refractivity contribution in [2.45, 2.75) is 77.7 Å². The molecule has 1 N–H and O–H groups in total. The molecule has 0 unspecified atom stereocenters. The largest absolute Gasteiger partial charge is 0.496 e. The summed E-state index contributed by atoms with van der Waals surface area (Å²) in [6, 6.07) is 36.2. The summed E-state index contributed by atoms with van der Waals surface area (Å²) in [7, 11) is -1.23. The Kier molecular flexibility index (Phi) is 12.7. The zero-order valence-corrected chi connectivity index (χ0v) is 29.1. The molecule has 3 nitrogen and oxygen atoms in total. The minimum Gasteiger partial charge on any atom is -0.496 e. The number of rotatable bonds is 17. The molecule has 0 atom stereocenters. The van der Waals surface area contributed by atoms with Gasteiger partial charge in [-0.2, -0.15) is 0 Å². The lowest BCUT2D eigenvalue weighted by Crippen LogP contribution is -2.65. The Morgan fingerprint density at radius 3 is 1.84 bits per heavy atom. The van der Waals surface area contributed by atoms with Crippen LogP contribution < -0.4 is 20.0 Å². The fourth-order valence-electron chi connectivity index (χ4n) is 6.21. The number of hydrogen-bond donors (Lipinski definition) is 1. The number of ether oxygens (including phenoxy) is 1. The first-order chi connectivity index (χ1) is 21.8. The van der Waals surface area contributed by atoms with Crippen LogP contribution in [0.25, 0.3) is 6.08 Å². The molecule has 45 heavy (non-hydrogen) atoms. The van der Waals surface area contributed by atoms with Crippen LogP contribution in [0.1, 0.15) is 76.5 Å². The summed E-state index contributed by atoms with van der Waals surface area (Å²) < 4.78 is 5.81. The van der Waals surface area contributed by atoms with Gasteiger partial charge in [0.1, 0.15) is 5.75 Å². The Balaban J connectivity index is 1.40. The molecule has 238 valence electrons. The third-order valence-electron chi connectivity index (χ3n) is 9.22. The maximum atomic E-state index is 12.5. The van der Waals surface area contributed by atoms with E-state index in [4.69, 9.17) is 4.74 Å². The number of unbranched alkanes of at least 4 members (excludes halogenated alkanes) is 2. The fourth-order valence-corrected chi connectivity index (χ4v) is 9.94. The third kappa shape index (κ3) is 8.77. The van der Waals surface area contributed by atoms with Crippen molar-refractivity contribution in [3.63, 3.8) is 0 Å². The second-order valence-electron chi connectivity index (χ2n) is 12.9. The topological polar surface area (TPSA) is 32.7 Å². The van der Waals surface area contributed by atoms with E-state index in [0.29, 0.717) is 0 Å². The highest BCUT2D eigenvalue weighted by Crippen LogP contribution is 2.39. The van der Waals surface area contributed by atoms with E-state index in [0.717, 1.165) is 54.0 Å². The van der Waals surface area contributed by atoms with Crippen LogP contribution in [0.2, 0.25) is 5.04 Å². The monoisotopic (exact) mass is 619 g/mol. The summed E-state index contributed by atoms with van der Waals surface area (Å²) in [5, 5.41) is 1.88. The van der Waals surface area contributed by atoms with E-state index in [1.807, 2.05) is 36.4 Å². The highest BCUT2D eigenvalue weighted by molar-refractivity contribution is 6.98. The summed E-state index contributed by atoms with van der Waals surface area (Å²) in [6.45, 7) is 11.2. The van der Waals surface area contributed by atoms with E-state index in [2.05, 4.69) is 111 Å². The van der Waals surface area contributed by atoms with Gasteiger partial charge in [0.05, 0.1) is 7.11 Å². The molecular weight excluding hydrogens is 567 g/mol. The Labute approximate surface area is 273 Å². The zero-order chi connectivity index (χ0) is 32.1. The van der Waals surface area contributed by atoms with E-state index in [1.165, 1.54) is 42.5 Å². The van der Waals surface area contributed by atoms with Gasteiger partial charge in [-0.15, -0.1) is 0 Å². The lowest BCUT2D eigenvalue weighted by atomic mass is 10.00. The molecule has 0 aliphatic carbocycles. The molecule has 4 aromatic rings. The molecule has 0 amide bonds. The first kappa shape index (κ1) is 34.3. The van der Waals surface area contributed by atoms with Crippen molar-refractivity contribution in [2.24, 2.45) is 0 Å². The fraction of sp³-hybridized carbons (Fsp3) is 0.366. The molecule has 0 spiro atoms. The number of benzene rings is 4. The molecule has 0 bridgehead atoms. The van der Waals surface area contributed by atoms with Crippen molar-refractivity contribution >= 4 is 30.5 Å². The number of anilines is 1. The van der Waals surface area contributed by atoms with E-state index in [9.17, 15) is 4.80 Å². The summed E-state index contributed by atoms with van der Waals surface area (Å²) in [5.41, 5.74) is 4.95. The van der Waals surface area contributed by atoms with Gasteiger partial charge in [-0.1, -0.05) is 138 Å². The molecule has 0 aromatic heterocycles. The van der Waals surface area contributed by atoms with Crippen LogP contribution in [0.5, 0.6) is 5.75 Å². The van der Waals surface area contributed by atoms with Crippen molar-refractivity contribution in [3.05, 3.63) is 126 Å². The van der Waals surface area contributed by atoms with Crippen LogP contribution in [-0.4, -0.2) is 33.3 Å². The van der Waals surface area contributed by atoms with Gasteiger partial charge in [-0.05, 0) is 70.8 Å². The Morgan fingerprint density at radius 2 is 1.31 bits per heavy atom. The Hall–Kier alpha value is -3.60. The molecule has 0 saturated heterocycles. The van der Waals surface area contributed by atoms with Crippen molar-refractivity contribution in [1.29, 1.82) is 0 Å². The lowest BCUT2D eigenvalue weighted by molar-refractivity contribution is 0.414. The van der Waals surface area contributed by atoms with Gasteiger partial charge < -0.3 is 14.4 Å². The summed E-state index contributed by atoms with van der Waals surface area (Å²) >= 11 is 0. The van der Waals surface area contributed by atoms with Gasteiger partial charge in [-0.25, -0.2) is 0 Å². The van der Waals surface area contributed by atoms with Crippen LogP contribution in [0.4, 0.5) is 5.69 Å². The molecular formula is C41H53NO2Si. The number of hydrogen-bond acceptors (Lipinski definition) is 3. The van der Waals surface area contributed by atoms with Crippen LogP contribution in [0.15, 0.2) is 109 Å². The summed E-state index contributed by atoms with van der Waals surface area (Å²) in [5.74, 6) is 0.925. The van der Waals surface area contributed by atoms with Crippen LogP contribution in [-0.2, 0) is 12.8 Å². The van der Waals surface area contributed by atoms with Gasteiger partial charge in [0, 0.05) is 30.4 Å². The number of aryl methyl sites for hydroxylation is 1. The van der Waals surface area contributed by atoms with Crippen molar-refractivity contribution in [1.82, 2.24) is 0 Å². The predicted octanol–water partition coefficient (Wildman–Crippen LogP) is 8.82. The smallest absolute Gasteiger partial charge is 0.258 e. The van der Waals surface area contributed by atoms with E-state index in [1.54, 1.807) is 7.11 Å². The molecule has 4 heteroatoms. The number of allylic oxidation sites excluding steroid dienone is 1. The maximum Gasteiger partial charge on any atom is 0.258 e. The molecule has 0 fully saturated rings. The first-order valence-corrected chi connectivity index (χ1v) is 18.8. The number of nitrogens with zero attached hydrogens (tertiary/aromatic N) is 1. The second-order valence-corrected chi connectivity index (χ2v) is 16.8. The highest BCUT2D eigenvalue weighted by Gasteiger charge is 2.49. The SMILES string of the molecule is CCCCN(CCCC)c1ccc(/C=C/Cc2ccc(CCC(C)(C)[Si](O)(c3ccccc3)c3ccccc3)cc2)c(OC)c1. The molecule has 0 aliphatic rings. The molecule has 4 rings (SSSR count). The maximum absolute atomic E-state index is 12.5. The second kappa shape index (κ2) is 16.6. The minimum absolute atomic E-state index is 0.255. The standard InChI is InChI=1S/C41H53NO2Si/c1-6-8-31-42(32-9-7-2)37-28-27-36(40(33-37)44-5)18-16-17-34-23-25-35(26-24-34)29-30-41(3,4)45(43,38-19-12-10-13-20-38)39-21-14-11-15-22-39/h10-16,18-28,33,43H,6-9,17,29-32H2,1-5H3/b18-16+. The molecule has 0 saturated carbocycles. The highest BCUT2D eigenvalue weighted by atomic mass is 28.4. The lowest BCUT2D eigenvalue weighted by Gasteiger charge is -2.41. The van der Waals surface area contributed by atoms with Crippen molar-refractivity contribution in [2.75, 3.05) is 25.1 Å². The van der Waals surface area contributed by atoms with E-state index < -0.39 is 8.32 Å². The van der Waals surface area contributed by atoms with Crippen LogP contribution in [0.3, 0.4) is 0 Å². The third-order valence-corrected chi connectivity index (χ3v) is 13.8. The van der Waals surface area contributed by atoms with Gasteiger partial charge in [0.25, 0.3) is 8.32 Å². The summed E-state index contributed by atoms with van der Waals surface area (Å²) in [4.78, 5) is 15.0. The van der Waals surface area contributed by atoms with Gasteiger partial charge in [-0.3, -0.25) is 0 Å². The number of methoxy groups -OCH3 is 1. The van der Waals surface area contributed by atoms with Crippen LogP contribution in [0, 0.1) is 0 Å². The molecule has 0 heterocycles. The molecule has 0 radical (unpaired) electrons. The average molecular weight is 620 g/mol. The van der Waals surface area contributed by atoms with Crippen molar-refractivity contribution < 1.29 is 9.53 Å². The quantitative estimate of drug-likeness (QED) is 0.120. The Morgan fingerprint density at radius 1 is 0.756 bits per heavy atom. The minimum atomic E-state index is -3.00. The van der Waals surface area contributed by atoms with Crippen molar-refractivity contribution in [3.8, 4) is 5.75 Å². The van der Waals surface area contributed by atoms with Gasteiger partial charge in [0.2, 0.25) is 0 Å².